The average molecular weight is 412 g/mol. The summed E-state index contributed by atoms with van der Waals surface area (Å²) in [6.07, 6.45) is 0.947. The predicted molar refractivity (Wildman–Crippen MR) is 96.2 cm³/mol. The second-order valence-electron chi connectivity index (χ2n) is 5.28. The predicted octanol–water partition coefficient (Wildman–Crippen LogP) is 4.73. The third-order valence-electron chi connectivity index (χ3n) is 3.52. The van der Waals surface area contributed by atoms with Crippen molar-refractivity contribution >= 4 is 31.9 Å². The Morgan fingerprint density at radius 2 is 1.71 bits per heavy atom. The summed E-state index contributed by atoms with van der Waals surface area (Å²) in [6.45, 7) is 1.90. The molecule has 0 aliphatic rings. The first-order valence-electron chi connectivity index (χ1n) is 6.99. The van der Waals surface area contributed by atoms with E-state index >= 15 is 0 Å². The molecule has 1 unspecified atom stereocenters. The van der Waals surface area contributed by atoms with Crippen LogP contribution in [0.15, 0.2) is 57.5 Å². The van der Waals surface area contributed by atoms with Gasteiger partial charge in [0.2, 0.25) is 0 Å². The monoisotopic (exact) mass is 410 g/mol. The van der Waals surface area contributed by atoms with Crippen LogP contribution in [-0.4, -0.2) is 18.5 Å². The van der Waals surface area contributed by atoms with E-state index in [9.17, 15) is 0 Å². The highest BCUT2D eigenvalue weighted by molar-refractivity contribution is 9.10. The molecule has 4 heteroatoms. The molecule has 0 heterocycles. The topological polar surface area (TPSA) is 29.3 Å². The van der Waals surface area contributed by atoms with Gasteiger partial charge in [0.05, 0.1) is 0 Å². The SMILES string of the molecule is CN(CCC(N)c1ccc(Br)cc1)Cc1ccccc1Br. The van der Waals surface area contributed by atoms with E-state index in [1.807, 2.05) is 18.2 Å². The molecule has 112 valence electrons. The lowest BCUT2D eigenvalue weighted by Crippen LogP contribution is -2.23. The van der Waals surface area contributed by atoms with Crippen LogP contribution in [0.5, 0.6) is 0 Å². The first-order chi connectivity index (χ1) is 10.1. The molecule has 0 radical (unpaired) electrons. The molecular weight excluding hydrogens is 392 g/mol. The Labute approximate surface area is 143 Å². The van der Waals surface area contributed by atoms with Crippen molar-refractivity contribution in [1.29, 1.82) is 0 Å². The quantitative estimate of drug-likeness (QED) is 0.744. The summed E-state index contributed by atoms with van der Waals surface area (Å²) in [4.78, 5) is 2.30. The normalized spacial score (nSPS) is 12.6. The lowest BCUT2D eigenvalue weighted by molar-refractivity contribution is 0.311. The fraction of sp³-hybridized carbons (Fsp3) is 0.294. The fourth-order valence-corrected chi connectivity index (χ4v) is 2.91. The standard InChI is InChI=1S/C17H20Br2N2/c1-21(12-14-4-2-3-5-16(14)19)11-10-17(20)13-6-8-15(18)9-7-13/h2-9,17H,10-12,20H2,1H3. The second kappa shape index (κ2) is 8.08. The van der Waals surface area contributed by atoms with Gasteiger partial charge in [0, 0.05) is 21.5 Å². The molecule has 0 bridgehead atoms. The molecule has 0 amide bonds. The van der Waals surface area contributed by atoms with E-state index in [1.165, 1.54) is 11.1 Å². The van der Waals surface area contributed by atoms with Gasteiger partial charge in [-0.15, -0.1) is 0 Å². The van der Waals surface area contributed by atoms with Crippen molar-refractivity contribution in [2.75, 3.05) is 13.6 Å². The maximum atomic E-state index is 6.27. The van der Waals surface area contributed by atoms with Gasteiger partial charge in [-0.3, -0.25) is 0 Å². The maximum Gasteiger partial charge on any atom is 0.0307 e. The zero-order chi connectivity index (χ0) is 15.2. The Hall–Kier alpha value is -0.680. The molecule has 0 spiro atoms. The first-order valence-corrected chi connectivity index (χ1v) is 8.58. The molecule has 2 aromatic carbocycles. The van der Waals surface area contributed by atoms with Crippen molar-refractivity contribution in [2.24, 2.45) is 5.73 Å². The van der Waals surface area contributed by atoms with Crippen LogP contribution in [-0.2, 0) is 6.54 Å². The number of halogens is 2. The van der Waals surface area contributed by atoms with Gasteiger partial charge < -0.3 is 10.6 Å². The highest BCUT2D eigenvalue weighted by atomic mass is 79.9. The van der Waals surface area contributed by atoms with Crippen LogP contribution < -0.4 is 5.73 Å². The number of benzene rings is 2. The Bertz CT molecular complexity index is 569. The van der Waals surface area contributed by atoms with Crippen molar-refractivity contribution in [2.45, 2.75) is 19.0 Å². The van der Waals surface area contributed by atoms with Gasteiger partial charge in [-0.05, 0) is 49.3 Å². The number of hydrogen-bond donors (Lipinski definition) is 1. The lowest BCUT2D eigenvalue weighted by atomic mass is 10.0. The average Bonchev–Trinajstić information content (AvgIpc) is 2.48. The van der Waals surface area contributed by atoms with Crippen LogP contribution in [0.2, 0.25) is 0 Å². The van der Waals surface area contributed by atoms with Gasteiger partial charge in [0.1, 0.15) is 0 Å². The van der Waals surface area contributed by atoms with Gasteiger partial charge in [0.15, 0.2) is 0 Å². The molecule has 0 aliphatic carbocycles. The molecule has 0 saturated heterocycles. The zero-order valence-electron chi connectivity index (χ0n) is 12.1. The molecule has 0 aliphatic heterocycles. The van der Waals surface area contributed by atoms with Gasteiger partial charge in [-0.2, -0.15) is 0 Å². The van der Waals surface area contributed by atoms with E-state index < -0.39 is 0 Å². The Morgan fingerprint density at radius 3 is 2.38 bits per heavy atom. The van der Waals surface area contributed by atoms with Crippen LogP contribution in [0.1, 0.15) is 23.6 Å². The zero-order valence-corrected chi connectivity index (χ0v) is 15.3. The van der Waals surface area contributed by atoms with Crippen molar-refractivity contribution in [3.63, 3.8) is 0 Å². The summed E-state index contributed by atoms with van der Waals surface area (Å²) in [5.41, 5.74) is 8.76. The van der Waals surface area contributed by atoms with Crippen LogP contribution in [0.3, 0.4) is 0 Å². The highest BCUT2D eigenvalue weighted by Crippen LogP contribution is 2.20. The summed E-state index contributed by atoms with van der Waals surface area (Å²) in [7, 11) is 2.13. The number of nitrogens with two attached hydrogens (primary N) is 1. The van der Waals surface area contributed by atoms with E-state index in [1.54, 1.807) is 0 Å². The van der Waals surface area contributed by atoms with Gasteiger partial charge >= 0.3 is 0 Å². The first kappa shape index (κ1) is 16.7. The number of rotatable bonds is 6. The smallest absolute Gasteiger partial charge is 0.0307 e. The molecule has 2 nitrogen and oxygen atoms in total. The summed E-state index contributed by atoms with van der Waals surface area (Å²) in [5, 5.41) is 0. The Kier molecular flexibility index (Phi) is 6.42. The number of hydrogen-bond acceptors (Lipinski definition) is 2. The van der Waals surface area contributed by atoms with Crippen LogP contribution in [0.4, 0.5) is 0 Å². The lowest BCUT2D eigenvalue weighted by Gasteiger charge is -2.20. The van der Waals surface area contributed by atoms with Crippen LogP contribution in [0.25, 0.3) is 0 Å². The summed E-state index contributed by atoms with van der Waals surface area (Å²) < 4.78 is 2.25. The maximum absolute atomic E-state index is 6.27. The van der Waals surface area contributed by atoms with Crippen molar-refractivity contribution in [1.82, 2.24) is 4.90 Å². The Balaban J connectivity index is 1.85. The van der Waals surface area contributed by atoms with E-state index in [4.69, 9.17) is 5.73 Å². The Morgan fingerprint density at radius 1 is 1.05 bits per heavy atom. The van der Waals surface area contributed by atoms with Crippen molar-refractivity contribution < 1.29 is 0 Å². The van der Waals surface area contributed by atoms with E-state index in [2.05, 4.69) is 74.1 Å². The molecule has 2 aromatic rings. The number of nitrogens with zero attached hydrogens (tertiary/aromatic N) is 1. The molecular formula is C17H20Br2N2. The van der Waals surface area contributed by atoms with Gasteiger partial charge in [-0.25, -0.2) is 0 Å². The molecule has 2 rings (SSSR count). The minimum Gasteiger partial charge on any atom is -0.324 e. The molecule has 0 aromatic heterocycles. The van der Waals surface area contributed by atoms with Crippen LogP contribution in [0, 0.1) is 0 Å². The van der Waals surface area contributed by atoms with Crippen LogP contribution >= 0.6 is 31.9 Å². The molecule has 21 heavy (non-hydrogen) atoms. The van der Waals surface area contributed by atoms with Gasteiger partial charge in [0.25, 0.3) is 0 Å². The highest BCUT2D eigenvalue weighted by Gasteiger charge is 2.09. The third-order valence-corrected chi connectivity index (χ3v) is 4.82. The molecule has 0 fully saturated rings. The molecule has 0 saturated carbocycles. The molecule has 1 atom stereocenters. The van der Waals surface area contributed by atoms with Crippen molar-refractivity contribution in [3.05, 3.63) is 68.6 Å². The van der Waals surface area contributed by atoms with Crippen molar-refractivity contribution in [3.8, 4) is 0 Å². The minimum absolute atomic E-state index is 0.0831. The second-order valence-corrected chi connectivity index (χ2v) is 7.05. The third kappa shape index (κ3) is 5.22. The summed E-state index contributed by atoms with van der Waals surface area (Å²) in [5.74, 6) is 0. The van der Waals surface area contributed by atoms with E-state index in [0.29, 0.717) is 0 Å². The van der Waals surface area contributed by atoms with Gasteiger partial charge in [-0.1, -0.05) is 62.2 Å². The summed E-state index contributed by atoms with van der Waals surface area (Å²) in [6, 6.07) is 16.7. The molecule has 2 N–H and O–H groups in total. The minimum atomic E-state index is 0.0831. The van der Waals surface area contributed by atoms with E-state index in [0.717, 1.165) is 28.5 Å². The summed E-state index contributed by atoms with van der Waals surface area (Å²) >= 11 is 7.04. The fourth-order valence-electron chi connectivity index (χ4n) is 2.23. The largest absolute Gasteiger partial charge is 0.324 e. The van der Waals surface area contributed by atoms with E-state index in [-0.39, 0.29) is 6.04 Å².